The van der Waals surface area contributed by atoms with Crippen LogP contribution in [0.15, 0.2) is 29.3 Å². The van der Waals surface area contributed by atoms with Crippen LogP contribution >= 0.6 is 35.6 Å². The second kappa shape index (κ2) is 10.7. The molecule has 0 aliphatic carbocycles. The van der Waals surface area contributed by atoms with Crippen LogP contribution in [-0.2, 0) is 0 Å². The lowest BCUT2D eigenvalue weighted by Crippen LogP contribution is -2.47. The summed E-state index contributed by atoms with van der Waals surface area (Å²) in [7, 11) is 0. The fourth-order valence-electron chi connectivity index (χ4n) is 1.74. The second-order valence-corrected chi connectivity index (χ2v) is 6.28. The van der Waals surface area contributed by atoms with Gasteiger partial charge >= 0.3 is 0 Å². The van der Waals surface area contributed by atoms with Crippen LogP contribution in [0.3, 0.4) is 0 Å². The molecule has 0 saturated carbocycles. The van der Waals surface area contributed by atoms with Crippen LogP contribution in [0.2, 0.25) is 5.02 Å². The van der Waals surface area contributed by atoms with Crippen molar-refractivity contribution in [3.05, 3.63) is 34.9 Å². The first-order valence-corrected chi connectivity index (χ1v) is 7.80. The van der Waals surface area contributed by atoms with Crippen molar-refractivity contribution in [2.75, 3.05) is 19.6 Å². The highest BCUT2D eigenvalue weighted by molar-refractivity contribution is 14.0. The van der Waals surface area contributed by atoms with E-state index in [1.165, 1.54) is 0 Å². The summed E-state index contributed by atoms with van der Waals surface area (Å²) >= 11 is 5.99. The predicted molar refractivity (Wildman–Crippen MR) is 108 cm³/mol. The summed E-state index contributed by atoms with van der Waals surface area (Å²) < 4.78 is 0. The van der Waals surface area contributed by atoms with Crippen molar-refractivity contribution in [3.8, 4) is 0 Å². The number of carbonyl (C=O) groups is 1. The van der Waals surface area contributed by atoms with Gasteiger partial charge in [-0.15, -0.1) is 24.0 Å². The van der Waals surface area contributed by atoms with Crippen LogP contribution in [0.1, 0.15) is 38.1 Å². The summed E-state index contributed by atoms with van der Waals surface area (Å²) in [6, 6.07) is 6.98. The fraction of sp³-hybridized carbons (Fsp3) is 0.500. The zero-order valence-electron chi connectivity index (χ0n) is 14.1. The van der Waals surface area contributed by atoms with Gasteiger partial charge in [-0.1, -0.05) is 23.7 Å². The minimum Gasteiger partial charge on any atom is -0.357 e. The molecule has 0 spiro atoms. The van der Waals surface area contributed by atoms with Crippen molar-refractivity contribution < 1.29 is 4.79 Å². The normalized spacial score (nSPS) is 11.4. The Hall–Kier alpha value is -1.02. The monoisotopic (exact) mass is 452 g/mol. The molecule has 0 aliphatic heterocycles. The van der Waals surface area contributed by atoms with Gasteiger partial charge in [0.2, 0.25) is 0 Å². The highest BCUT2D eigenvalue weighted by Gasteiger charge is 2.11. The Bertz CT molecular complexity index is 529. The summed E-state index contributed by atoms with van der Waals surface area (Å²) in [5.41, 5.74) is 0.412. The van der Waals surface area contributed by atoms with Gasteiger partial charge in [-0.3, -0.25) is 9.79 Å². The van der Waals surface area contributed by atoms with Crippen molar-refractivity contribution in [2.24, 2.45) is 4.99 Å². The van der Waals surface area contributed by atoms with Gasteiger partial charge in [-0.05, 0) is 39.8 Å². The maximum atomic E-state index is 12.0. The SMILES string of the molecule is CCNC(=NCCNC(=O)c1ccccc1Cl)NC(C)(C)C.I. The third-order valence-corrected chi connectivity index (χ3v) is 2.95. The minimum atomic E-state index is -0.186. The molecule has 23 heavy (non-hydrogen) atoms. The summed E-state index contributed by atoms with van der Waals surface area (Å²) in [5.74, 6) is 0.552. The molecule has 1 amide bonds. The average molecular weight is 453 g/mol. The second-order valence-electron chi connectivity index (χ2n) is 5.87. The molecule has 0 aromatic heterocycles. The van der Waals surface area contributed by atoms with Gasteiger partial charge in [0.05, 0.1) is 17.1 Å². The van der Waals surface area contributed by atoms with E-state index in [1.807, 2.05) is 6.92 Å². The van der Waals surface area contributed by atoms with Gasteiger partial charge < -0.3 is 16.0 Å². The molecule has 0 atom stereocenters. The van der Waals surface area contributed by atoms with Crippen LogP contribution in [0.25, 0.3) is 0 Å². The summed E-state index contributed by atoms with van der Waals surface area (Å²) in [4.78, 5) is 16.4. The molecule has 0 saturated heterocycles. The van der Waals surface area contributed by atoms with Crippen LogP contribution in [0, 0.1) is 0 Å². The first-order valence-electron chi connectivity index (χ1n) is 7.42. The largest absolute Gasteiger partial charge is 0.357 e. The number of rotatable bonds is 5. The summed E-state index contributed by atoms with van der Waals surface area (Å²) in [6.45, 7) is 9.94. The maximum Gasteiger partial charge on any atom is 0.252 e. The van der Waals surface area contributed by atoms with E-state index in [2.05, 4.69) is 41.7 Å². The van der Waals surface area contributed by atoms with Gasteiger partial charge in [-0.2, -0.15) is 0 Å². The number of hydrogen-bond donors (Lipinski definition) is 3. The van der Waals surface area contributed by atoms with Crippen molar-refractivity contribution >= 4 is 47.4 Å². The number of nitrogens with zero attached hydrogens (tertiary/aromatic N) is 1. The number of hydrogen-bond acceptors (Lipinski definition) is 2. The maximum absolute atomic E-state index is 12.0. The van der Waals surface area contributed by atoms with Crippen molar-refractivity contribution in [1.29, 1.82) is 0 Å². The molecule has 3 N–H and O–H groups in total. The molecule has 0 radical (unpaired) electrons. The van der Waals surface area contributed by atoms with Crippen LogP contribution in [0.5, 0.6) is 0 Å². The van der Waals surface area contributed by atoms with E-state index in [9.17, 15) is 4.79 Å². The Morgan fingerprint density at radius 2 is 1.87 bits per heavy atom. The minimum absolute atomic E-state index is 0. The van der Waals surface area contributed by atoms with Crippen molar-refractivity contribution in [2.45, 2.75) is 33.2 Å². The highest BCUT2D eigenvalue weighted by atomic mass is 127. The molecule has 130 valence electrons. The first-order chi connectivity index (χ1) is 10.3. The van der Waals surface area contributed by atoms with E-state index in [0.717, 1.165) is 12.5 Å². The van der Waals surface area contributed by atoms with Gasteiger partial charge in [0, 0.05) is 18.6 Å². The Morgan fingerprint density at radius 1 is 1.22 bits per heavy atom. The number of guanidine groups is 1. The smallest absolute Gasteiger partial charge is 0.252 e. The number of nitrogens with one attached hydrogen (secondary N) is 3. The highest BCUT2D eigenvalue weighted by Crippen LogP contribution is 2.14. The predicted octanol–water partition coefficient (Wildman–Crippen LogP) is 3.04. The van der Waals surface area contributed by atoms with E-state index < -0.39 is 0 Å². The summed E-state index contributed by atoms with van der Waals surface area (Å²) in [5, 5.41) is 9.73. The number of benzene rings is 1. The fourth-order valence-corrected chi connectivity index (χ4v) is 1.96. The Labute approximate surface area is 160 Å². The van der Waals surface area contributed by atoms with E-state index in [1.54, 1.807) is 24.3 Å². The third-order valence-electron chi connectivity index (χ3n) is 2.62. The quantitative estimate of drug-likeness (QED) is 0.278. The van der Waals surface area contributed by atoms with Gasteiger partial charge in [-0.25, -0.2) is 0 Å². The standard InChI is InChI=1S/C16H25ClN4O.HI/c1-5-18-15(21-16(2,3)4)20-11-10-19-14(22)12-8-6-7-9-13(12)17;/h6-9H,5,10-11H2,1-4H3,(H,19,22)(H2,18,20,21);1H. The zero-order chi connectivity index (χ0) is 16.6. The average Bonchev–Trinajstić information content (AvgIpc) is 2.42. The molecular formula is C16H26ClIN4O. The number of halogens is 2. The van der Waals surface area contributed by atoms with Gasteiger partial charge in [0.1, 0.15) is 0 Å². The molecular weight excluding hydrogens is 427 g/mol. The Kier molecular flexibility index (Phi) is 10.2. The van der Waals surface area contributed by atoms with E-state index >= 15 is 0 Å². The lowest BCUT2D eigenvalue weighted by Gasteiger charge is -2.23. The van der Waals surface area contributed by atoms with Crippen LogP contribution < -0.4 is 16.0 Å². The molecule has 0 unspecified atom stereocenters. The molecule has 1 aromatic rings. The molecule has 0 fully saturated rings. The van der Waals surface area contributed by atoms with Crippen LogP contribution in [-0.4, -0.2) is 37.0 Å². The molecule has 7 heteroatoms. The number of aliphatic imine (C=N–C) groups is 1. The topological polar surface area (TPSA) is 65.5 Å². The molecule has 0 aliphatic rings. The molecule has 0 bridgehead atoms. The van der Waals surface area contributed by atoms with E-state index in [0.29, 0.717) is 23.7 Å². The van der Waals surface area contributed by atoms with E-state index in [4.69, 9.17) is 11.6 Å². The molecule has 5 nitrogen and oxygen atoms in total. The number of amides is 1. The zero-order valence-corrected chi connectivity index (χ0v) is 17.2. The first kappa shape index (κ1) is 22.0. The molecule has 1 rings (SSSR count). The van der Waals surface area contributed by atoms with Crippen molar-refractivity contribution in [1.82, 2.24) is 16.0 Å². The lowest BCUT2D eigenvalue weighted by atomic mass is 10.1. The molecule has 0 heterocycles. The third kappa shape index (κ3) is 9.00. The lowest BCUT2D eigenvalue weighted by molar-refractivity contribution is 0.0955. The Morgan fingerprint density at radius 3 is 2.43 bits per heavy atom. The van der Waals surface area contributed by atoms with E-state index in [-0.39, 0.29) is 35.4 Å². The van der Waals surface area contributed by atoms with Gasteiger partial charge in [0.25, 0.3) is 5.91 Å². The van der Waals surface area contributed by atoms with Gasteiger partial charge in [0.15, 0.2) is 5.96 Å². The van der Waals surface area contributed by atoms with Crippen molar-refractivity contribution in [3.63, 3.8) is 0 Å². The molecule has 1 aromatic carbocycles. The van der Waals surface area contributed by atoms with Crippen LogP contribution in [0.4, 0.5) is 0 Å². The number of carbonyl (C=O) groups excluding carboxylic acids is 1. The Balaban J connectivity index is 0.00000484. The summed E-state index contributed by atoms with van der Waals surface area (Å²) in [6.07, 6.45) is 0.